The van der Waals surface area contributed by atoms with Crippen molar-refractivity contribution in [3.05, 3.63) is 57.8 Å². The summed E-state index contributed by atoms with van der Waals surface area (Å²) in [6, 6.07) is 6.43. The van der Waals surface area contributed by atoms with E-state index in [2.05, 4.69) is 15.3 Å². The van der Waals surface area contributed by atoms with Crippen molar-refractivity contribution in [1.29, 1.82) is 0 Å². The van der Waals surface area contributed by atoms with Crippen LogP contribution in [-0.2, 0) is 0 Å². The number of rotatable bonds is 2. The predicted molar refractivity (Wildman–Crippen MR) is 68.7 cm³/mol. The van der Waals surface area contributed by atoms with Crippen molar-refractivity contribution in [3.8, 4) is 0 Å². The van der Waals surface area contributed by atoms with Gasteiger partial charge in [0.25, 0.3) is 5.91 Å². The fourth-order valence-corrected chi connectivity index (χ4v) is 1.56. The minimum atomic E-state index is -0.278. The topological polar surface area (TPSA) is 74.8 Å². The highest BCUT2D eigenvalue weighted by atomic mass is 16.1. The molecule has 1 amide bonds. The van der Waals surface area contributed by atoms with Gasteiger partial charge in [0.1, 0.15) is 0 Å². The van der Waals surface area contributed by atoms with E-state index in [1.54, 1.807) is 6.07 Å². The number of nitrogens with zero attached hydrogens (tertiary/aromatic N) is 1. The fourth-order valence-electron chi connectivity index (χ4n) is 1.56. The average molecular weight is 243 g/mol. The van der Waals surface area contributed by atoms with Gasteiger partial charge in [0.2, 0.25) is 5.56 Å². The first kappa shape index (κ1) is 12.0. The van der Waals surface area contributed by atoms with Crippen LogP contribution >= 0.6 is 0 Å². The Hall–Kier alpha value is -2.43. The zero-order chi connectivity index (χ0) is 13.1. The van der Waals surface area contributed by atoms with Crippen LogP contribution in [-0.4, -0.2) is 15.9 Å². The minimum absolute atomic E-state index is 0.236. The first-order valence-electron chi connectivity index (χ1n) is 5.50. The van der Waals surface area contributed by atoms with Crippen LogP contribution in [0.25, 0.3) is 0 Å². The Labute approximate surface area is 104 Å². The maximum atomic E-state index is 11.9. The molecular formula is C13H13N3O2. The van der Waals surface area contributed by atoms with Crippen LogP contribution in [0.3, 0.4) is 0 Å². The molecule has 5 heteroatoms. The first-order chi connectivity index (χ1) is 8.56. The van der Waals surface area contributed by atoms with Crippen molar-refractivity contribution in [2.24, 2.45) is 0 Å². The Balaban J connectivity index is 2.21. The smallest absolute Gasteiger partial charge is 0.257 e. The van der Waals surface area contributed by atoms with Gasteiger partial charge in [-0.2, -0.15) is 0 Å². The second kappa shape index (κ2) is 4.83. The molecule has 2 N–H and O–H groups in total. The molecule has 0 aliphatic heterocycles. The average Bonchev–Trinajstić information content (AvgIpc) is 2.33. The number of anilines is 1. The van der Waals surface area contributed by atoms with Crippen LogP contribution in [0.1, 0.15) is 21.7 Å². The summed E-state index contributed by atoms with van der Waals surface area (Å²) in [5.41, 5.74) is 2.48. The molecule has 2 aromatic rings. The predicted octanol–water partition coefficient (Wildman–Crippen LogP) is 1.64. The van der Waals surface area contributed by atoms with E-state index in [0.717, 1.165) is 11.4 Å². The zero-order valence-electron chi connectivity index (χ0n) is 10.2. The van der Waals surface area contributed by atoms with Gasteiger partial charge < -0.3 is 10.3 Å². The Kier molecular flexibility index (Phi) is 3.23. The lowest BCUT2D eigenvalue weighted by Crippen LogP contribution is -2.15. The normalized spacial score (nSPS) is 10.1. The minimum Gasteiger partial charge on any atom is -0.328 e. The molecule has 0 unspecified atom stereocenters. The molecule has 5 nitrogen and oxygen atoms in total. The monoisotopic (exact) mass is 243 g/mol. The SMILES string of the molecule is Cc1ccc(NC(=O)c2ccc(=O)[nH]c2)c(C)n1. The molecule has 92 valence electrons. The van der Waals surface area contributed by atoms with E-state index in [1.807, 2.05) is 19.9 Å². The standard InChI is InChI=1S/C13H13N3O2/c1-8-3-5-11(9(2)15-8)16-13(18)10-4-6-12(17)14-7-10/h3-7H,1-2H3,(H,14,17)(H,16,18). The van der Waals surface area contributed by atoms with E-state index < -0.39 is 0 Å². The van der Waals surface area contributed by atoms with E-state index in [1.165, 1.54) is 18.3 Å². The Morgan fingerprint density at radius 3 is 2.61 bits per heavy atom. The lowest BCUT2D eigenvalue weighted by atomic mass is 10.2. The molecule has 0 aliphatic carbocycles. The maximum Gasteiger partial charge on any atom is 0.257 e. The number of carbonyl (C=O) groups is 1. The molecule has 0 aromatic carbocycles. The fraction of sp³-hybridized carbons (Fsp3) is 0.154. The molecule has 2 heterocycles. The molecule has 0 fully saturated rings. The summed E-state index contributed by atoms with van der Waals surface area (Å²) in [5.74, 6) is -0.278. The van der Waals surface area contributed by atoms with Gasteiger partial charge >= 0.3 is 0 Å². The number of aryl methyl sites for hydroxylation is 2. The highest BCUT2D eigenvalue weighted by molar-refractivity contribution is 6.04. The zero-order valence-corrected chi connectivity index (χ0v) is 10.2. The number of hydrogen-bond acceptors (Lipinski definition) is 3. The molecule has 0 radical (unpaired) electrons. The van der Waals surface area contributed by atoms with Gasteiger partial charge in [0.15, 0.2) is 0 Å². The number of hydrogen-bond donors (Lipinski definition) is 2. The van der Waals surface area contributed by atoms with Gasteiger partial charge in [0, 0.05) is 18.0 Å². The van der Waals surface area contributed by atoms with E-state index in [4.69, 9.17) is 0 Å². The molecule has 18 heavy (non-hydrogen) atoms. The third-order valence-corrected chi connectivity index (χ3v) is 2.52. The molecule has 0 bridgehead atoms. The number of aromatic amines is 1. The molecule has 0 aliphatic rings. The van der Waals surface area contributed by atoms with Crippen molar-refractivity contribution in [2.45, 2.75) is 13.8 Å². The van der Waals surface area contributed by atoms with E-state index in [-0.39, 0.29) is 11.5 Å². The van der Waals surface area contributed by atoms with Crippen molar-refractivity contribution < 1.29 is 4.79 Å². The number of nitrogens with one attached hydrogen (secondary N) is 2. The Morgan fingerprint density at radius 1 is 1.22 bits per heavy atom. The van der Waals surface area contributed by atoms with Gasteiger partial charge in [-0.05, 0) is 32.0 Å². The van der Waals surface area contributed by atoms with Gasteiger partial charge in [0.05, 0.1) is 16.9 Å². The van der Waals surface area contributed by atoms with Gasteiger partial charge in [-0.1, -0.05) is 0 Å². The number of aromatic nitrogens is 2. The van der Waals surface area contributed by atoms with Crippen LogP contribution < -0.4 is 10.9 Å². The van der Waals surface area contributed by atoms with Crippen molar-refractivity contribution in [2.75, 3.05) is 5.32 Å². The summed E-state index contributed by atoms with van der Waals surface area (Å²) in [5, 5.41) is 2.75. The van der Waals surface area contributed by atoms with Crippen LogP contribution in [0.5, 0.6) is 0 Å². The van der Waals surface area contributed by atoms with Gasteiger partial charge in [-0.3, -0.25) is 14.6 Å². The van der Waals surface area contributed by atoms with Crippen molar-refractivity contribution in [3.63, 3.8) is 0 Å². The highest BCUT2D eigenvalue weighted by Gasteiger charge is 2.08. The van der Waals surface area contributed by atoms with Crippen LogP contribution in [0, 0.1) is 13.8 Å². The van der Waals surface area contributed by atoms with Crippen molar-refractivity contribution in [1.82, 2.24) is 9.97 Å². The summed E-state index contributed by atoms with van der Waals surface area (Å²) in [6.45, 7) is 3.72. The number of H-pyrrole nitrogens is 1. The number of amides is 1. The number of pyridine rings is 2. The molecule has 2 aromatic heterocycles. The van der Waals surface area contributed by atoms with E-state index in [9.17, 15) is 9.59 Å². The summed E-state index contributed by atoms with van der Waals surface area (Å²) < 4.78 is 0. The molecule has 0 saturated carbocycles. The largest absolute Gasteiger partial charge is 0.328 e. The summed E-state index contributed by atoms with van der Waals surface area (Å²) >= 11 is 0. The molecule has 0 saturated heterocycles. The number of carbonyl (C=O) groups excluding carboxylic acids is 1. The van der Waals surface area contributed by atoms with Crippen LogP contribution in [0.15, 0.2) is 35.3 Å². The maximum absolute atomic E-state index is 11.9. The van der Waals surface area contributed by atoms with E-state index >= 15 is 0 Å². The highest BCUT2D eigenvalue weighted by Crippen LogP contribution is 2.13. The second-order valence-corrected chi connectivity index (χ2v) is 3.98. The lowest BCUT2D eigenvalue weighted by Gasteiger charge is -2.08. The Bertz CT molecular complexity index is 626. The molecule has 0 spiro atoms. The summed E-state index contributed by atoms with van der Waals surface area (Å²) in [4.78, 5) is 29.5. The van der Waals surface area contributed by atoms with Gasteiger partial charge in [-0.15, -0.1) is 0 Å². The van der Waals surface area contributed by atoms with Crippen LogP contribution in [0.4, 0.5) is 5.69 Å². The van der Waals surface area contributed by atoms with Crippen LogP contribution in [0.2, 0.25) is 0 Å². The summed E-state index contributed by atoms with van der Waals surface area (Å²) in [6.07, 6.45) is 1.38. The van der Waals surface area contributed by atoms with E-state index in [0.29, 0.717) is 11.3 Å². The summed E-state index contributed by atoms with van der Waals surface area (Å²) in [7, 11) is 0. The Morgan fingerprint density at radius 2 is 2.00 bits per heavy atom. The molecule has 0 atom stereocenters. The third-order valence-electron chi connectivity index (χ3n) is 2.52. The van der Waals surface area contributed by atoms with Crippen molar-refractivity contribution >= 4 is 11.6 Å². The molecular weight excluding hydrogens is 230 g/mol. The first-order valence-corrected chi connectivity index (χ1v) is 5.50. The lowest BCUT2D eigenvalue weighted by molar-refractivity contribution is 0.102. The van der Waals surface area contributed by atoms with Gasteiger partial charge in [-0.25, -0.2) is 0 Å². The third kappa shape index (κ3) is 2.63. The molecule has 2 rings (SSSR count). The quantitative estimate of drug-likeness (QED) is 0.842. The second-order valence-electron chi connectivity index (χ2n) is 3.98.